The molecule has 7 nitrogen and oxygen atoms in total. The van der Waals surface area contributed by atoms with Crippen molar-refractivity contribution in [1.29, 1.82) is 0 Å². The molecule has 1 aromatic carbocycles. The number of carbonyl (C=O) groups is 1. The lowest BCUT2D eigenvalue weighted by molar-refractivity contribution is -0.0583. The Kier molecular flexibility index (Phi) is 11.5. The second-order valence-electron chi connectivity index (χ2n) is 11.4. The minimum atomic E-state index is -1.31. The van der Waals surface area contributed by atoms with Crippen molar-refractivity contribution in [3.63, 3.8) is 0 Å². The normalized spacial score (nSPS) is 20.5. The Labute approximate surface area is 222 Å². The summed E-state index contributed by atoms with van der Waals surface area (Å²) in [5.41, 5.74) is -0.804. The van der Waals surface area contributed by atoms with Gasteiger partial charge in [-0.1, -0.05) is 26.0 Å². The number of likely N-dealkylation sites (tertiary alicyclic amines) is 1. The van der Waals surface area contributed by atoms with Crippen LogP contribution in [0.1, 0.15) is 70.8 Å². The molecular formula is C29H48FN3O4. The van der Waals surface area contributed by atoms with E-state index in [0.717, 1.165) is 44.9 Å². The Morgan fingerprint density at radius 3 is 2.73 bits per heavy atom. The lowest BCUT2D eigenvalue weighted by atomic mass is 9.73. The van der Waals surface area contributed by atoms with Gasteiger partial charge in [-0.15, -0.1) is 0 Å². The molecule has 1 aromatic rings. The van der Waals surface area contributed by atoms with Crippen molar-refractivity contribution in [1.82, 2.24) is 15.5 Å². The number of urea groups is 1. The number of unbranched alkanes of at least 4 members (excludes halogenated alkanes) is 1. The number of carbonyl (C=O) groups excluding carboxylic acids is 1. The predicted molar refractivity (Wildman–Crippen MR) is 144 cm³/mol. The van der Waals surface area contributed by atoms with Gasteiger partial charge >= 0.3 is 6.03 Å². The number of rotatable bonds is 15. The minimum absolute atomic E-state index is 0.0384. The Morgan fingerprint density at radius 1 is 1.27 bits per heavy atom. The second kappa shape index (κ2) is 14.3. The minimum Gasteiger partial charge on any atom is -0.490 e. The highest BCUT2D eigenvalue weighted by Crippen LogP contribution is 2.44. The third-order valence-electron chi connectivity index (χ3n) is 7.67. The molecule has 1 unspecified atom stereocenters. The summed E-state index contributed by atoms with van der Waals surface area (Å²) in [6.07, 6.45) is 6.61. The van der Waals surface area contributed by atoms with Gasteiger partial charge in [0.15, 0.2) is 11.6 Å². The quantitative estimate of drug-likeness (QED) is 0.292. The summed E-state index contributed by atoms with van der Waals surface area (Å²) >= 11 is 0. The van der Waals surface area contributed by atoms with Crippen molar-refractivity contribution in [3.05, 3.63) is 29.6 Å². The van der Waals surface area contributed by atoms with Crippen LogP contribution in [0, 0.1) is 23.6 Å². The first-order valence-corrected chi connectivity index (χ1v) is 14.1. The first-order valence-electron chi connectivity index (χ1n) is 14.1. The van der Waals surface area contributed by atoms with Gasteiger partial charge in [-0.3, -0.25) is 0 Å². The standard InChI is InChI=1S/C29H48FN3O4/c1-21(2)17-24(18-31-3)32-28(34)33-15-8-9-23(19-33)29(35,14-5-6-16-36-4)25-10-7-11-26(30)27(25)37-20-22-12-13-22/h7,10-11,21-24,31,35H,5-6,8-9,12-20H2,1-4H3,(H,32,34)/t23-,24?,29+/m1/s1. The molecule has 1 aliphatic heterocycles. The van der Waals surface area contributed by atoms with Crippen LogP contribution in [-0.4, -0.2) is 69.1 Å². The number of piperidine rings is 1. The van der Waals surface area contributed by atoms with Crippen LogP contribution in [0.5, 0.6) is 5.75 Å². The van der Waals surface area contributed by atoms with E-state index in [2.05, 4.69) is 24.5 Å². The number of ether oxygens (including phenoxy) is 2. The number of methoxy groups -OCH3 is 1. The van der Waals surface area contributed by atoms with Gasteiger partial charge in [0, 0.05) is 50.9 Å². The van der Waals surface area contributed by atoms with Crippen LogP contribution in [0.2, 0.25) is 0 Å². The van der Waals surface area contributed by atoms with Crippen molar-refractivity contribution < 1.29 is 23.8 Å². The molecule has 1 aliphatic carbocycles. The fourth-order valence-electron chi connectivity index (χ4n) is 5.51. The molecule has 1 saturated carbocycles. The van der Waals surface area contributed by atoms with E-state index in [4.69, 9.17) is 9.47 Å². The summed E-state index contributed by atoms with van der Waals surface area (Å²) in [6.45, 7) is 7.13. The molecule has 0 bridgehead atoms. The lowest BCUT2D eigenvalue weighted by Crippen LogP contribution is -2.54. The lowest BCUT2D eigenvalue weighted by Gasteiger charge is -2.43. The van der Waals surface area contributed by atoms with Crippen LogP contribution in [0.25, 0.3) is 0 Å². The number of hydrogen-bond acceptors (Lipinski definition) is 5. The summed E-state index contributed by atoms with van der Waals surface area (Å²) < 4.78 is 26.3. The van der Waals surface area contributed by atoms with Gasteiger partial charge in [-0.25, -0.2) is 9.18 Å². The number of hydrogen-bond donors (Lipinski definition) is 3. The second-order valence-corrected chi connectivity index (χ2v) is 11.4. The smallest absolute Gasteiger partial charge is 0.317 e. The van der Waals surface area contributed by atoms with Crippen molar-refractivity contribution in [2.24, 2.45) is 17.8 Å². The number of nitrogens with one attached hydrogen (secondary N) is 2. The first-order chi connectivity index (χ1) is 17.8. The number of para-hydroxylation sites is 1. The van der Waals surface area contributed by atoms with Crippen LogP contribution in [0.4, 0.5) is 9.18 Å². The van der Waals surface area contributed by atoms with Crippen molar-refractivity contribution >= 4 is 6.03 Å². The van der Waals surface area contributed by atoms with Crippen LogP contribution in [0.15, 0.2) is 18.2 Å². The fraction of sp³-hybridized carbons (Fsp3) is 0.759. The van der Waals surface area contributed by atoms with Gasteiger partial charge < -0.3 is 30.1 Å². The van der Waals surface area contributed by atoms with E-state index in [1.807, 2.05) is 11.9 Å². The molecule has 1 saturated heterocycles. The number of likely N-dealkylation sites (N-methyl/N-ethyl adjacent to an activating group) is 1. The highest BCUT2D eigenvalue weighted by Gasteiger charge is 2.43. The number of halogens is 1. The van der Waals surface area contributed by atoms with Crippen LogP contribution in [-0.2, 0) is 10.3 Å². The largest absolute Gasteiger partial charge is 0.490 e. The van der Waals surface area contributed by atoms with E-state index >= 15 is 4.39 Å². The molecule has 1 heterocycles. The monoisotopic (exact) mass is 521 g/mol. The molecule has 0 spiro atoms. The van der Waals surface area contributed by atoms with Crippen molar-refractivity contribution in [2.45, 2.75) is 76.9 Å². The number of amides is 2. The molecule has 3 atom stereocenters. The predicted octanol–water partition coefficient (Wildman–Crippen LogP) is 4.67. The van der Waals surface area contributed by atoms with E-state index in [-0.39, 0.29) is 23.7 Å². The van der Waals surface area contributed by atoms with Gasteiger partial charge in [0.05, 0.1) is 12.2 Å². The summed E-state index contributed by atoms with van der Waals surface area (Å²) in [7, 11) is 3.56. The summed E-state index contributed by atoms with van der Waals surface area (Å²) in [5.74, 6) is 0.422. The molecule has 3 rings (SSSR count). The Hall–Kier alpha value is -1.90. The zero-order chi connectivity index (χ0) is 26.8. The average Bonchev–Trinajstić information content (AvgIpc) is 3.70. The van der Waals surface area contributed by atoms with Gasteiger partial charge in [-0.05, 0) is 76.3 Å². The first kappa shape index (κ1) is 29.7. The molecule has 2 amide bonds. The highest BCUT2D eigenvalue weighted by molar-refractivity contribution is 5.74. The van der Waals surface area contributed by atoms with Crippen LogP contribution >= 0.6 is 0 Å². The zero-order valence-corrected chi connectivity index (χ0v) is 23.2. The maximum absolute atomic E-state index is 15.0. The van der Waals surface area contributed by atoms with Gasteiger partial charge in [0.25, 0.3) is 0 Å². The fourth-order valence-corrected chi connectivity index (χ4v) is 5.51. The van der Waals surface area contributed by atoms with Gasteiger partial charge in [0.2, 0.25) is 0 Å². The maximum atomic E-state index is 15.0. The Balaban J connectivity index is 1.82. The SMILES string of the molecule is CNCC(CC(C)C)NC(=O)N1CCC[C@@H]([C@@](O)(CCCCOC)c2cccc(F)c2OCC2CC2)C1. The molecule has 8 heteroatoms. The molecule has 210 valence electrons. The van der Waals surface area contributed by atoms with E-state index in [1.165, 1.54) is 6.07 Å². The topological polar surface area (TPSA) is 83.1 Å². The summed E-state index contributed by atoms with van der Waals surface area (Å²) in [6, 6.07) is 4.78. The summed E-state index contributed by atoms with van der Waals surface area (Å²) in [5, 5.41) is 18.7. The maximum Gasteiger partial charge on any atom is 0.317 e. The molecule has 37 heavy (non-hydrogen) atoms. The average molecular weight is 522 g/mol. The third-order valence-corrected chi connectivity index (χ3v) is 7.67. The van der Waals surface area contributed by atoms with Gasteiger partial charge in [0.1, 0.15) is 0 Å². The Morgan fingerprint density at radius 2 is 2.05 bits per heavy atom. The number of nitrogens with zero attached hydrogens (tertiary/aromatic N) is 1. The van der Waals surface area contributed by atoms with E-state index < -0.39 is 11.4 Å². The molecular weight excluding hydrogens is 473 g/mol. The molecule has 0 aromatic heterocycles. The molecule has 2 aliphatic rings. The van der Waals surface area contributed by atoms with Crippen LogP contribution < -0.4 is 15.4 Å². The zero-order valence-electron chi connectivity index (χ0n) is 23.2. The molecule has 3 N–H and O–H groups in total. The highest BCUT2D eigenvalue weighted by atomic mass is 19.1. The Bertz CT molecular complexity index is 850. The van der Waals surface area contributed by atoms with Crippen LogP contribution in [0.3, 0.4) is 0 Å². The summed E-state index contributed by atoms with van der Waals surface area (Å²) in [4.78, 5) is 15.1. The van der Waals surface area contributed by atoms with Crippen molar-refractivity contribution in [3.8, 4) is 5.75 Å². The number of aliphatic hydroxyl groups is 1. The van der Waals surface area contributed by atoms with E-state index in [1.54, 1.807) is 19.2 Å². The third kappa shape index (κ3) is 8.55. The molecule has 2 fully saturated rings. The van der Waals surface area contributed by atoms with Crippen molar-refractivity contribution in [2.75, 3.05) is 47.0 Å². The van der Waals surface area contributed by atoms with Gasteiger partial charge in [-0.2, -0.15) is 0 Å². The van der Waals surface area contributed by atoms with E-state index in [0.29, 0.717) is 56.7 Å². The molecule has 0 radical (unpaired) electrons. The number of benzene rings is 1. The van der Waals surface area contributed by atoms with E-state index in [9.17, 15) is 9.90 Å².